The molecule has 2 aromatic heterocycles. The van der Waals surface area contributed by atoms with E-state index in [1.165, 1.54) is 0 Å². The van der Waals surface area contributed by atoms with Crippen molar-refractivity contribution >= 4 is 27.6 Å². The standard InChI is InChI=1S/C15H18BrN5/c1-11-13(16)4-5-14(18-11)19-12-6-9-21(10-7-12)15-3-2-8-17-20-15/h2-5,8,12H,6-7,9-10H2,1H3,(H,18,19). The van der Waals surface area contributed by atoms with Crippen molar-refractivity contribution in [1.29, 1.82) is 0 Å². The minimum atomic E-state index is 0.464. The lowest BCUT2D eigenvalue weighted by Crippen LogP contribution is -2.39. The fourth-order valence-electron chi connectivity index (χ4n) is 2.55. The number of nitrogens with zero attached hydrogens (tertiary/aromatic N) is 4. The number of hydrogen-bond acceptors (Lipinski definition) is 5. The van der Waals surface area contributed by atoms with E-state index in [-0.39, 0.29) is 0 Å². The first-order chi connectivity index (χ1) is 10.2. The van der Waals surface area contributed by atoms with Crippen molar-refractivity contribution in [2.24, 2.45) is 0 Å². The number of aromatic nitrogens is 3. The summed E-state index contributed by atoms with van der Waals surface area (Å²) < 4.78 is 1.05. The first-order valence-electron chi connectivity index (χ1n) is 7.15. The number of anilines is 2. The molecule has 1 N–H and O–H groups in total. The molecule has 0 bridgehead atoms. The van der Waals surface area contributed by atoms with Gasteiger partial charge in [-0.3, -0.25) is 0 Å². The first kappa shape index (κ1) is 14.3. The van der Waals surface area contributed by atoms with Gasteiger partial charge >= 0.3 is 0 Å². The molecule has 0 unspecified atom stereocenters. The molecule has 0 atom stereocenters. The highest BCUT2D eigenvalue weighted by Crippen LogP contribution is 2.21. The highest BCUT2D eigenvalue weighted by atomic mass is 79.9. The molecule has 3 rings (SSSR count). The molecule has 0 aromatic carbocycles. The van der Waals surface area contributed by atoms with Crippen molar-refractivity contribution in [3.8, 4) is 0 Å². The van der Waals surface area contributed by atoms with Crippen molar-refractivity contribution in [1.82, 2.24) is 15.2 Å². The zero-order valence-electron chi connectivity index (χ0n) is 12.0. The second-order valence-corrected chi connectivity index (χ2v) is 6.11. The van der Waals surface area contributed by atoms with Gasteiger partial charge in [0.2, 0.25) is 0 Å². The minimum absolute atomic E-state index is 0.464. The quantitative estimate of drug-likeness (QED) is 0.924. The molecule has 21 heavy (non-hydrogen) atoms. The predicted octanol–water partition coefficient (Wildman–Crippen LogP) is 3.02. The molecule has 0 radical (unpaired) electrons. The summed E-state index contributed by atoms with van der Waals surface area (Å²) in [5, 5.41) is 11.6. The van der Waals surface area contributed by atoms with Crippen LogP contribution in [0.2, 0.25) is 0 Å². The number of nitrogens with one attached hydrogen (secondary N) is 1. The molecule has 1 saturated heterocycles. The summed E-state index contributed by atoms with van der Waals surface area (Å²) in [6.45, 7) is 3.99. The second kappa shape index (κ2) is 6.39. The van der Waals surface area contributed by atoms with Gasteiger partial charge in [0.1, 0.15) is 5.82 Å². The second-order valence-electron chi connectivity index (χ2n) is 5.25. The Morgan fingerprint density at radius 1 is 1.24 bits per heavy atom. The molecule has 6 heteroatoms. The average molecular weight is 348 g/mol. The highest BCUT2D eigenvalue weighted by molar-refractivity contribution is 9.10. The number of rotatable bonds is 3. The van der Waals surface area contributed by atoms with Gasteiger partial charge in [0, 0.05) is 29.8 Å². The van der Waals surface area contributed by atoms with Crippen LogP contribution in [-0.4, -0.2) is 34.3 Å². The van der Waals surface area contributed by atoms with Crippen LogP contribution in [0.5, 0.6) is 0 Å². The van der Waals surface area contributed by atoms with E-state index in [4.69, 9.17) is 0 Å². The zero-order valence-corrected chi connectivity index (χ0v) is 13.5. The molecule has 0 spiro atoms. The van der Waals surface area contributed by atoms with Crippen molar-refractivity contribution in [2.45, 2.75) is 25.8 Å². The lowest BCUT2D eigenvalue weighted by Gasteiger charge is -2.33. The van der Waals surface area contributed by atoms with Crippen LogP contribution < -0.4 is 10.2 Å². The third-order valence-electron chi connectivity index (χ3n) is 3.75. The molecule has 5 nitrogen and oxygen atoms in total. The Hall–Kier alpha value is -1.69. The molecule has 1 aliphatic heterocycles. The smallest absolute Gasteiger partial charge is 0.151 e. The van der Waals surface area contributed by atoms with Gasteiger partial charge in [-0.25, -0.2) is 4.98 Å². The summed E-state index contributed by atoms with van der Waals surface area (Å²) in [5.41, 5.74) is 1.01. The Kier molecular flexibility index (Phi) is 4.34. The Balaban J connectivity index is 1.57. The lowest BCUT2D eigenvalue weighted by molar-refractivity contribution is 0.521. The van der Waals surface area contributed by atoms with Crippen molar-refractivity contribution in [2.75, 3.05) is 23.3 Å². The Labute approximate surface area is 132 Å². The van der Waals surface area contributed by atoms with Crippen LogP contribution in [0, 0.1) is 6.92 Å². The fraction of sp³-hybridized carbons (Fsp3) is 0.400. The molecule has 110 valence electrons. The van der Waals surface area contributed by atoms with Crippen LogP contribution in [0.4, 0.5) is 11.6 Å². The van der Waals surface area contributed by atoms with E-state index < -0.39 is 0 Å². The van der Waals surface area contributed by atoms with E-state index >= 15 is 0 Å². The SMILES string of the molecule is Cc1nc(NC2CCN(c3cccnn3)CC2)ccc1Br. The van der Waals surface area contributed by atoms with Crippen LogP contribution in [0.15, 0.2) is 34.9 Å². The molecule has 1 aliphatic rings. The number of halogens is 1. The summed E-state index contributed by atoms with van der Waals surface area (Å²) >= 11 is 3.48. The summed E-state index contributed by atoms with van der Waals surface area (Å²) in [6.07, 6.45) is 3.86. The van der Waals surface area contributed by atoms with Gasteiger partial charge in [0.05, 0.1) is 5.69 Å². The summed E-state index contributed by atoms with van der Waals surface area (Å²) in [7, 11) is 0. The van der Waals surface area contributed by atoms with E-state index in [1.807, 2.05) is 31.2 Å². The molecule has 0 amide bonds. The maximum atomic E-state index is 4.55. The fourth-order valence-corrected chi connectivity index (χ4v) is 2.77. The van der Waals surface area contributed by atoms with Gasteiger partial charge < -0.3 is 10.2 Å². The first-order valence-corrected chi connectivity index (χ1v) is 7.94. The van der Waals surface area contributed by atoms with E-state index in [0.29, 0.717) is 6.04 Å². The van der Waals surface area contributed by atoms with Gasteiger partial charge in [0.25, 0.3) is 0 Å². The minimum Gasteiger partial charge on any atom is -0.367 e. The summed E-state index contributed by atoms with van der Waals surface area (Å²) in [4.78, 5) is 6.83. The monoisotopic (exact) mass is 347 g/mol. The van der Waals surface area contributed by atoms with Crippen LogP contribution >= 0.6 is 15.9 Å². The van der Waals surface area contributed by atoms with E-state index in [9.17, 15) is 0 Å². The lowest BCUT2D eigenvalue weighted by atomic mass is 10.1. The van der Waals surface area contributed by atoms with Gasteiger partial charge in [-0.1, -0.05) is 0 Å². The zero-order chi connectivity index (χ0) is 14.7. The molecule has 0 saturated carbocycles. The highest BCUT2D eigenvalue weighted by Gasteiger charge is 2.20. The Morgan fingerprint density at radius 2 is 2.05 bits per heavy atom. The number of hydrogen-bond donors (Lipinski definition) is 1. The van der Waals surface area contributed by atoms with E-state index in [0.717, 1.165) is 47.7 Å². The van der Waals surface area contributed by atoms with Gasteiger partial charge in [-0.15, -0.1) is 5.10 Å². The number of aryl methyl sites for hydroxylation is 1. The number of pyridine rings is 1. The maximum absolute atomic E-state index is 4.55. The predicted molar refractivity (Wildman–Crippen MR) is 87.6 cm³/mol. The molecule has 0 aliphatic carbocycles. The average Bonchev–Trinajstić information content (AvgIpc) is 2.53. The van der Waals surface area contributed by atoms with Crippen LogP contribution in [0.3, 0.4) is 0 Å². The molecule has 1 fully saturated rings. The van der Waals surface area contributed by atoms with Gasteiger partial charge in [-0.2, -0.15) is 5.10 Å². The molecular weight excluding hydrogens is 330 g/mol. The van der Waals surface area contributed by atoms with Crippen LogP contribution in [-0.2, 0) is 0 Å². The molecule has 3 heterocycles. The van der Waals surface area contributed by atoms with E-state index in [1.54, 1.807) is 6.20 Å². The maximum Gasteiger partial charge on any atom is 0.151 e. The Morgan fingerprint density at radius 3 is 2.71 bits per heavy atom. The van der Waals surface area contributed by atoms with E-state index in [2.05, 4.69) is 41.3 Å². The van der Waals surface area contributed by atoms with Crippen molar-refractivity contribution in [3.05, 3.63) is 40.6 Å². The number of piperidine rings is 1. The topological polar surface area (TPSA) is 53.9 Å². The van der Waals surface area contributed by atoms with Crippen molar-refractivity contribution < 1.29 is 0 Å². The van der Waals surface area contributed by atoms with Gasteiger partial charge in [-0.05, 0) is 60.0 Å². The van der Waals surface area contributed by atoms with Crippen LogP contribution in [0.25, 0.3) is 0 Å². The Bertz CT molecular complexity index is 596. The van der Waals surface area contributed by atoms with Crippen molar-refractivity contribution in [3.63, 3.8) is 0 Å². The third-order valence-corrected chi connectivity index (χ3v) is 4.59. The largest absolute Gasteiger partial charge is 0.367 e. The van der Waals surface area contributed by atoms with Crippen LogP contribution in [0.1, 0.15) is 18.5 Å². The molecular formula is C15H18BrN5. The molecule has 2 aromatic rings. The third kappa shape index (κ3) is 3.50. The normalized spacial score (nSPS) is 16.0. The summed E-state index contributed by atoms with van der Waals surface area (Å²) in [6, 6.07) is 8.47. The van der Waals surface area contributed by atoms with Gasteiger partial charge in [0.15, 0.2) is 5.82 Å². The summed E-state index contributed by atoms with van der Waals surface area (Å²) in [5.74, 6) is 1.92.